The number of amides is 1. The summed E-state index contributed by atoms with van der Waals surface area (Å²) in [6.45, 7) is 2.06. The van der Waals surface area contributed by atoms with E-state index < -0.39 is 0 Å². The van der Waals surface area contributed by atoms with E-state index in [0.29, 0.717) is 5.11 Å². The maximum Gasteiger partial charge on any atom is 0.232 e. The summed E-state index contributed by atoms with van der Waals surface area (Å²) >= 11 is 5.39. The monoisotopic (exact) mass is 342 g/mol. The Morgan fingerprint density at radius 2 is 1.62 bits per heavy atom. The number of benzene rings is 1. The molecule has 4 heteroatoms. The van der Waals surface area contributed by atoms with Gasteiger partial charge in [0, 0.05) is 5.69 Å². The van der Waals surface area contributed by atoms with Crippen LogP contribution in [0.25, 0.3) is 0 Å². The zero-order valence-electron chi connectivity index (χ0n) is 14.3. The van der Waals surface area contributed by atoms with E-state index >= 15 is 0 Å². The van der Waals surface area contributed by atoms with Gasteiger partial charge in [0.15, 0.2) is 5.11 Å². The molecule has 3 nitrogen and oxygen atoms in total. The highest BCUT2D eigenvalue weighted by Gasteiger charge is 2.52. The van der Waals surface area contributed by atoms with Crippen LogP contribution in [-0.4, -0.2) is 11.0 Å². The molecule has 4 bridgehead atoms. The molecule has 2 N–H and O–H groups in total. The first-order valence-corrected chi connectivity index (χ1v) is 9.62. The molecule has 1 amide bonds. The van der Waals surface area contributed by atoms with Crippen molar-refractivity contribution in [2.75, 3.05) is 5.32 Å². The molecule has 0 unspecified atom stereocenters. The van der Waals surface area contributed by atoms with E-state index in [1.807, 2.05) is 24.3 Å². The molecule has 0 radical (unpaired) electrons. The Bertz CT molecular complexity index is 638. The van der Waals surface area contributed by atoms with Crippen LogP contribution < -0.4 is 10.6 Å². The van der Waals surface area contributed by atoms with Crippen molar-refractivity contribution in [3.63, 3.8) is 0 Å². The van der Waals surface area contributed by atoms with E-state index in [9.17, 15) is 4.79 Å². The SMILES string of the molecule is Cc1ccc(NC(=S)NC(=O)C23CC4C[C@@H](CC[C@H](C4)C2)C3)cc1. The fraction of sp³-hybridized carbons (Fsp3) is 0.600. The van der Waals surface area contributed by atoms with Crippen LogP contribution in [0, 0.1) is 30.1 Å². The lowest BCUT2D eigenvalue weighted by Crippen LogP contribution is -2.50. The van der Waals surface area contributed by atoms with Gasteiger partial charge < -0.3 is 10.6 Å². The number of nitrogens with one attached hydrogen (secondary N) is 2. The van der Waals surface area contributed by atoms with Gasteiger partial charge in [0.2, 0.25) is 5.91 Å². The van der Waals surface area contributed by atoms with Crippen LogP contribution in [0.15, 0.2) is 24.3 Å². The van der Waals surface area contributed by atoms with Crippen LogP contribution >= 0.6 is 12.2 Å². The highest BCUT2D eigenvalue weighted by Crippen LogP contribution is 2.57. The van der Waals surface area contributed by atoms with Crippen molar-refractivity contribution in [3.8, 4) is 0 Å². The normalized spacial score (nSPS) is 33.8. The fourth-order valence-corrected chi connectivity index (χ4v) is 5.71. The first-order chi connectivity index (χ1) is 11.5. The predicted molar refractivity (Wildman–Crippen MR) is 101 cm³/mol. The average Bonchev–Trinajstić information content (AvgIpc) is 2.75. The van der Waals surface area contributed by atoms with Gasteiger partial charge in [-0.3, -0.25) is 4.79 Å². The number of anilines is 1. The van der Waals surface area contributed by atoms with Crippen molar-refractivity contribution < 1.29 is 4.79 Å². The first-order valence-electron chi connectivity index (χ1n) is 9.21. The summed E-state index contributed by atoms with van der Waals surface area (Å²) in [6, 6.07) is 8.05. The summed E-state index contributed by atoms with van der Waals surface area (Å²) in [6.07, 6.45) is 8.54. The van der Waals surface area contributed by atoms with Gasteiger partial charge in [0.25, 0.3) is 0 Å². The molecule has 0 aromatic heterocycles. The van der Waals surface area contributed by atoms with Crippen LogP contribution in [-0.2, 0) is 4.79 Å². The number of carbonyl (C=O) groups excluding carboxylic acids is 1. The zero-order valence-corrected chi connectivity index (χ0v) is 15.1. The Morgan fingerprint density at radius 3 is 2.25 bits per heavy atom. The summed E-state index contributed by atoms with van der Waals surface area (Å²) in [4.78, 5) is 13.1. The van der Waals surface area contributed by atoms with Crippen molar-refractivity contribution >= 4 is 28.9 Å². The molecule has 5 rings (SSSR count). The number of aryl methyl sites for hydroxylation is 1. The van der Waals surface area contributed by atoms with E-state index in [0.717, 1.165) is 42.7 Å². The highest BCUT2D eigenvalue weighted by atomic mass is 32.1. The lowest BCUT2D eigenvalue weighted by Gasteiger charge is -2.47. The van der Waals surface area contributed by atoms with Gasteiger partial charge in [-0.25, -0.2) is 0 Å². The number of hydrogen-bond donors (Lipinski definition) is 2. The second-order valence-corrected chi connectivity index (χ2v) is 8.72. The molecule has 128 valence electrons. The molecule has 2 atom stereocenters. The Balaban J connectivity index is 1.44. The molecular weight excluding hydrogens is 316 g/mol. The summed E-state index contributed by atoms with van der Waals surface area (Å²) in [5, 5.41) is 6.59. The fourth-order valence-electron chi connectivity index (χ4n) is 5.50. The van der Waals surface area contributed by atoms with Crippen LogP contribution in [0.5, 0.6) is 0 Å². The molecule has 0 aliphatic heterocycles. The van der Waals surface area contributed by atoms with E-state index in [4.69, 9.17) is 12.2 Å². The molecule has 1 aromatic carbocycles. The zero-order chi connectivity index (χ0) is 16.7. The second kappa shape index (κ2) is 6.14. The topological polar surface area (TPSA) is 41.1 Å². The highest BCUT2D eigenvalue weighted by molar-refractivity contribution is 7.80. The van der Waals surface area contributed by atoms with Gasteiger partial charge >= 0.3 is 0 Å². The maximum absolute atomic E-state index is 13.1. The van der Waals surface area contributed by atoms with Crippen molar-refractivity contribution in [2.45, 2.75) is 51.9 Å². The lowest BCUT2D eigenvalue weighted by molar-refractivity contribution is -0.136. The third-order valence-corrected chi connectivity index (χ3v) is 6.58. The van der Waals surface area contributed by atoms with Crippen LogP contribution in [0.1, 0.15) is 50.5 Å². The number of rotatable bonds is 2. The summed E-state index contributed by atoms with van der Waals surface area (Å²) < 4.78 is 0. The minimum Gasteiger partial charge on any atom is -0.332 e. The maximum atomic E-state index is 13.1. The number of thiocarbonyl (C=S) groups is 1. The quantitative estimate of drug-likeness (QED) is 0.782. The van der Waals surface area contributed by atoms with Crippen molar-refractivity contribution in [2.24, 2.45) is 23.2 Å². The minimum atomic E-state index is -0.161. The third-order valence-electron chi connectivity index (χ3n) is 6.37. The molecule has 0 heterocycles. The van der Waals surface area contributed by atoms with E-state index in [2.05, 4.69) is 17.6 Å². The largest absolute Gasteiger partial charge is 0.332 e. The van der Waals surface area contributed by atoms with E-state index in [1.165, 1.54) is 31.2 Å². The van der Waals surface area contributed by atoms with Crippen molar-refractivity contribution in [3.05, 3.63) is 29.8 Å². The third kappa shape index (κ3) is 3.08. The second-order valence-electron chi connectivity index (χ2n) is 8.31. The van der Waals surface area contributed by atoms with Gasteiger partial charge in [-0.05, 0) is 81.1 Å². The van der Waals surface area contributed by atoms with Gasteiger partial charge in [-0.1, -0.05) is 30.5 Å². The van der Waals surface area contributed by atoms with Crippen molar-refractivity contribution in [1.82, 2.24) is 5.32 Å². The molecule has 0 saturated heterocycles. The Labute approximate surface area is 149 Å². The number of hydrogen-bond acceptors (Lipinski definition) is 2. The van der Waals surface area contributed by atoms with Gasteiger partial charge in [0.1, 0.15) is 0 Å². The molecule has 4 aliphatic rings. The summed E-state index contributed by atoms with van der Waals surface area (Å²) in [5.41, 5.74) is 1.97. The van der Waals surface area contributed by atoms with E-state index in [1.54, 1.807) is 0 Å². The minimum absolute atomic E-state index is 0.161. The van der Waals surface area contributed by atoms with Crippen molar-refractivity contribution in [1.29, 1.82) is 0 Å². The summed E-state index contributed by atoms with van der Waals surface area (Å²) in [7, 11) is 0. The average molecular weight is 343 g/mol. The first kappa shape index (κ1) is 16.1. The Morgan fingerprint density at radius 1 is 1.04 bits per heavy atom. The molecule has 24 heavy (non-hydrogen) atoms. The van der Waals surface area contributed by atoms with Crippen LogP contribution in [0.2, 0.25) is 0 Å². The molecule has 1 aromatic rings. The Hall–Kier alpha value is -1.42. The van der Waals surface area contributed by atoms with Gasteiger partial charge in [-0.15, -0.1) is 0 Å². The molecule has 4 saturated carbocycles. The van der Waals surface area contributed by atoms with Crippen LogP contribution in [0.3, 0.4) is 0 Å². The molecule has 4 fully saturated rings. The lowest BCUT2D eigenvalue weighted by atomic mass is 9.58. The molecule has 4 aliphatic carbocycles. The Kier molecular flexibility index (Phi) is 4.11. The smallest absolute Gasteiger partial charge is 0.232 e. The summed E-state index contributed by atoms with van der Waals surface area (Å²) in [5.74, 6) is 2.42. The van der Waals surface area contributed by atoms with Gasteiger partial charge in [-0.2, -0.15) is 0 Å². The standard InChI is InChI=1S/C20H26N2OS/c1-13-2-6-17(7-3-13)21-19(24)22-18(23)20-10-14-4-5-15(11-20)9-16(8-14)12-20/h2-3,6-7,14-16H,4-5,8-12H2,1H3,(H2,21,22,23,24)/t14-,15-,16?,20?/m1/s1. The molecular formula is C20H26N2OS. The van der Waals surface area contributed by atoms with E-state index in [-0.39, 0.29) is 11.3 Å². The number of carbonyl (C=O) groups is 1. The molecule has 0 spiro atoms. The van der Waals surface area contributed by atoms with Gasteiger partial charge in [0.05, 0.1) is 5.41 Å². The number of fused-ring (bicyclic) bond motifs is 1. The predicted octanol–water partition coefficient (Wildman–Crippen LogP) is 4.41. The van der Waals surface area contributed by atoms with Crippen LogP contribution in [0.4, 0.5) is 5.69 Å².